The molecule has 170 valence electrons. The summed E-state index contributed by atoms with van der Waals surface area (Å²) >= 11 is 1.23. The van der Waals surface area contributed by atoms with Crippen LogP contribution in [0.4, 0.5) is 5.13 Å². The van der Waals surface area contributed by atoms with Crippen molar-refractivity contribution in [3.05, 3.63) is 83.0 Å². The Balaban J connectivity index is 1.54. The molecule has 1 aromatic carbocycles. The summed E-state index contributed by atoms with van der Waals surface area (Å²) in [6.07, 6.45) is 1.64. The van der Waals surface area contributed by atoms with E-state index in [1.165, 1.54) is 11.3 Å². The lowest BCUT2D eigenvalue weighted by Gasteiger charge is -2.28. The second-order valence-corrected chi connectivity index (χ2v) is 9.89. The van der Waals surface area contributed by atoms with Gasteiger partial charge in [0.05, 0.1) is 5.69 Å². The van der Waals surface area contributed by atoms with Crippen molar-refractivity contribution in [2.75, 3.05) is 11.6 Å². The summed E-state index contributed by atoms with van der Waals surface area (Å²) in [6.45, 7) is 5.96. The molecule has 0 aliphatic carbocycles. The highest BCUT2D eigenvalue weighted by Crippen LogP contribution is 2.46. The number of amides is 1. The van der Waals surface area contributed by atoms with Gasteiger partial charge in [-0.15, -0.1) is 10.2 Å². The molecule has 2 unspecified atom stereocenters. The fourth-order valence-electron chi connectivity index (χ4n) is 3.75. The number of hydrogen-bond acceptors (Lipinski definition) is 8. The van der Waals surface area contributed by atoms with Crippen LogP contribution in [0.3, 0.4) is 0 Å². The number of carbonyl (C=O) groups excluding carboxylic acids is 1. The smallest absolute Gasteiger partial charge is 0.253 e. The van der Waals surface area contributed by atoms with Gasteiger partial charge in [0.15, 0.2) is 0 Å². The minimum Gasteiger partial charge on any atom is -0.420 e. The molecular formula is C24H19N5O3S2. The van der Waals surface area contributed by atoms with E-state index in [9.17, 15) is 9.00 Å². The van der Waals surface area contributed by atoms with Crippen molar-refractivity contribution in [1.82, 2.24) is 20.2 Å². The molecule has 4 aromatic rings. The number of anilines is 1. The Morgan fingerprint density at radius 1 is 1.06 bits per heavy atom. The molecule has 0 saturated heterocycles. The van der Waals surface area contributed by atoms with Gasteiger partial charge < -0.3 is 4.74 Å². The molecule has 8 nitrogen and oxygen atoms in total. The van der Waals surface area contributed by atoms with E-state index in [-0.39, 0.29) is 5.91 Å². The highest BCUT2D eigenvalue weighted by molar-refractivity contribution is 7.84. The maximum Gasteiger partial charge on any atom is 0.253 e. The Hall–Kier alpha value is -3.76. The number of fused-ring (bicyclic) bond motifs is 2. The van der Waals surface area contributed by atoms with Crippen molar-refractivity contribution in [1.29, 1.82) is 0 Å². The number of hydrogen-bond donors (Lipinski definition) is 1. The van der Waals surface area contributed by atoms with Crippen LogP contribution >= 0.6 is 11.3 Å². The molecule has 34 heavy (non-hydrogen) atoms. The lowest BCUT2D eigenvalue weighted by molar-refractivity contribution is -0.113. The average molecular weight is 490 g/mol. The largest absolute Gasteiger partial charge is 0.420 e. The third kappa shape index (κ3) is 4.13. The summed E-state index contributed by atoms with van der Waals surface area (Å²) < 4.78 is 17.8. The van der Waals surface area contributed by atoms with E-state index in [1.807, 2.05) is 55.5 Å². The van der Waals surface area contributed by atoms with E-state index in [0.29, 0.717) is 33.7 Å². The number of pyridine rings is 2. The van der Waals surface area contributed by atoms with E-state index in [0.717, 1.165) is 21.7 Å². The van der Waals surface area contributed by atoms with Crippen LogP contribution in [0.2, 0.25) is 0 Å². The van der Waals surface area contributed by atoms with Crippen LogP contribution in [0.25, 0.3) is 11.3 Å². The molecular weight excluding hydrogens is 470 g/mol. The molecule has 0 saturated carbocycles. The first kappa shape index (κ1) is 22.1. The summed E-state index contributed by atoms with van der Waals surface area (Å²) in [4.78, 5) is 23.0. The van der Waals surface area contributed by atoms with Gasteiger partial charge in [0.1, 0.15) is 5.51 Å². The molecule has 0 radical (unpaired) electrons. The maximum absolute atomic E-state index is 13.0. The first-order valence-corrected chi connectivity index (χ1v) is 12.7. The van der Waals surface area contributed by atoms with Crippen LogP contribution in [0.15, 0.2) is 71.1 Å². The van der Waals surface area contributed by atoms with Crippen molar-refractivity contribution in [2.24, 2.45) is 0 Å². The summed E-state index contributed by atoms with van der Waals surface area (Å²) in [7, 11) is -1.06. The second-order valence-electron chi connectivity index (χ2n) is 7.67. The van der Waals surface area contributed by atoms with Crippen molar-refractivity contribution in [2.45, 2.75) is 17.7 Å². The molecule has 1 aliphatic heterocycles. The fraction of sp³-hybridized carbons (Fsp3) is 0.125. The molecule has 2 atom stereocenters. The second kappa shape index (κ2) is 8.88. The van der Waals surface area contributed by atoms with Gasteiger partial charge >= 0.3 is 0 Å². The average Bonchev–Trinajstić information content (AvgIpc) is 3.34. The van der Waals surface area contributed by atoms with Gasteiger partial charge in [0.25, 0.3) is 5.91 Å². The topological polar surface area (TPSA) is 107 Å². The normalized spacial score (nSPS) is 14.9. The number of rotatable bonds is 5. The number of aromatic nitrogens is 4. The summed E-state index contributed by atoms with van der Waals surface area (Å²) in [5.41, 5.74) is 5.63. The Labute approximate surface area is 202 Å². The Kier molecular flexibility index (Phi) is 5.76. The summed E-state index contributed by atoms with van der Waals surface area (Å²) in [5, 5.41) is 10.8. The first-order valence-electron chi connectivity index (χ1n) is 10.3. The summed E-state index contributed by atoms with van der Waals surface area (Å²) in [6, 6.07) is 14.9. The van der Waals surface area contributed by atoms with Crippen LogP contribution in [-0.2, 0) is 15.6 Å². The van der Waals surface area contributed by atoms with Crippen molar-refractivity contribution < 1.29 is 13.7 Å². The zero-order chi connectivity index (χ0) is 23.8. The molecule has 1 N–H and O–H groups in total. The fourth-order valence-corrected chi connectivity index (χ4v) is 4.71. The molecule has 3 aromatic heterocycles. The number of nitrogens with zero attached hydrogens (tertiary/aromatic N) is 4. The van der Waals surface area contributed by atoms with Crippen LogP contribution in [0, 0.1) is 6.92 Å². The first-order chi connectivity index (χ1) is 16.4. The van der Waals surface area contributed by atoms with E-state index in [1.54, 1.807) is 11.8 Å². The lowest BCUT2D eigenvalue weighted by Crippen LogP contribution is -2.22. The zero-order valence-electron chi connectivity index (χ0n) is 18.3. The SMILES string of the molecule is C=C(C(=O)Nc1nncs1)C1c2ccc(C)nc2Oc2nc(-c3ccc(S(C)=O)cc3)ccc21. The quantitative estimate of drug-likeness (QED) is 0.412. The highest BCUT2D eigenvalue weighted by atomic mass is 32.2. The van der Waals surface area contributed by atoms with Gasteiger partial charge in [-0.3, -0.25) is 14.3 Å². The standard InChI is InChI=1S/C24H19N5O3S2/c1-13-4-9-17-20(14(2)21(30)28-24-29-25-12-33-24)18-10-11-19(27-23(18)32-22(17)26-13)15-5-7-16(8-6-15)34(3)31/h4-12,20H,2H2,1,3H3,(H,28,29,30). The van der Waals surface area contributed by atoms with E-state index < -0.39 is 16.7 Å². The molecule has 10 heteroatoms. The third-order valence-electron chi connectivity index (χ3n) is 5.44. The monoisotopic (exact) mass is 489 g/mol. The predicted molar refractivity (Wildman–Crippen MR) is 131 cm³/mol. The number of nitrogens with one attached hydrogen (secondary N) is 1. The van der Waals surface area contributed by atoms with E-state index in [2.05, 4.69) is 27.1 Å². The molecule has 0 spiro atoms. The van der Waals surface area contributed by atoms with Crippen LogP contribution < -0.4 is 10.1 Å². The maximum atomic E-state index is 13.0. The molecule has 5 rings (SSSR count). The van der Waals surface area contributed by atoms with Crippen LogP contribution in [0.5, 0.6) is 11.8 Å². The number of carbonyl (C=O) groups is 1. The number of benzene rings is 1. The third-order valence-corrected chi connectivity index (χ3v) is 6.98. The molecule has 1 aliphatic rings. The Morgan fingerprint density at radius 2 is 1.76 bits per heavy atom. The molecule has 4 heterocycles. The Morgan fingerprint density at radius 3 is 2.44 bits per heavy atom. The summed E-state index contributed by atoms with van der Waals surface area (Å²) in [5.74, 6) is -0.107. The number of ether oxygens (including phenoxy) is 1. The van der Waals surface area contributed by atoms with Gasteiger partial charge in [0.2, 0.25) is 16.9 Å². The van der Waals surface area contributed by atoms with Gasteiger partial charge in [-0.25, -0.2) is 9.97 Å². The van der Waals surface area contributed by atoms with E-state index >= 15 is 0 Å². The van der Waals surface area contributed by atoms with Gasteiger partial charge in [-0.2, -0.15) is 0 Å². The van der Waals surface area contributed by atoms with Gasteiger partial charge in [0, 0.05) is 55.8 Å². The highest BCUT2D eigenvalue weighted by Gasteiger charge is 2.34. The minimum atomic E-state index is -1.06. The van der Waals surface area contributed by atoms with Crippen molar-refractivity contribution in [3.8, 4) is 23.0 Å². The molecule has 1 amide bonds. The number of aryl methyl sites for hydroxylation is 1. The van der Waals surface area contributed by atoms with Crippen LogP contribution in [0.1, 0.15) is 22.7 Å². The minimum absolute atomic E-state index is 0.316. The van der Waals surface area contributed by atoms with Crippen LogP contribution in [-0.4, -0.2) is 36.5 Å². The molecule has 0 bridgehead atoms. The van der Waals surface area contributed by atoms with Gasteiger partial charge in [-0.1, -0.05) is 42.2 Å². The van der Waals surface area contributed by atoms with Crippen molar-refractivity contribution >= 4 is 33.2 Å². The van der Waals surface area contributed by atoms with E-state index in [4.69, 9.17) is 9.72 Å². The lowest BCUT2D eigenvalue weighted by atomic mass is 9.84. The van der Waals surface area contributed by atoms with Gasteiger partial charge in [-0.05, 0) is 31.2 Å². The van der Waals surface area contributed by atoms with Crippen molar-refractivity contribution in [3.63, 3.8) is 0 Å². The molecule has 0 fully saturated rings. The zero-order valence-corrected chi connectivity index (χ0v) is 19.9. The predicted octanol–water partition coefficient (Wildman–Crippen LogP) is 4.47. The Bertz CT molecular complexity index is 1440.